The molecule has 0 aliphatic heterocycles. The van der Waals surface area contributed by atoms with Gasteiger partial charge in [0.1, 0.15) is 4.83 Å². The van der Waals surface area contributed by atoms with Crippen LogP contribution in [0.1, 0.15) is 46.1 Å². The van der Waals surface area contributed by atoms with Crippen LogP contribution in [0.4, 0.5) is 0 Å². The number of aryl methyl sites for hydroxylation is 3. The van der Waals surface area contributed by atoms with E-state index in [1.807, 2.05) is 24.3 Å². The van der Waals surface area contributed by atoms with Crippen LogP contribution in [0.2, 0.25) is 0 Å². The summed E-state index contributed by atoms with van der Waals surface area (Å²) in [7, 11) is 0. The fraction of sp³-hybridized carbons (Fsp3) is 0.350. The van der Waals surface area contributed by atoms with E-state index >= 15 is 0 Å². The van der Waals surface area contributed by atoms with Crippen LogP contribution in [0, 0.1) is 0 Å². The number of nitrogens with zero attached hydrogens (tertiary/aromatic N) is 2. The summed E-state index contributed by atoms with van der Waals surface area (Å²) in [6.45, 7) is 2.12. The Morgan fingerprint density at radius 2 is 1.96 bits per heavy atom. The second kappa shape index (κ2) is 6.56. The Hall–Kier alpha value is -2.27. The maximum absolute atomic E-state index is 12.9. The largest absolute Gasteiger partial charge is 0.292 e. The lowest BCUT2D eigenvalue weighted by atomic mass is 9.97. The number of benzene rings is 1. The molecule has 0 bridgehead atoms. The van der Waals surface area contributed by atoms with Crippen LogP contribution in [-0.4, -0.2) is 15.3 Å². The molecule has 1 aromatic carbocycles. The highest BCUT2D eigenvalue weighted by Crippen LogP contribution is 2.33. The molecule has 0 N–H and O–H groups in total. The molecular formula is C20H20N2O2S. The van der Waals surface area contributed by atoms with Crippen molar-refractivity contribution in [3.63, 3.8) is 0 Å². The highest BCUT2D eigenvalue weighted by atomic mass is 32.1. The van der Waals surface area contributed by atoms with Crippen LogP contribution in [0.15, 0.2) is 35.4 Å². The standard InChI is InChI=1S/C20H20N2O2S/c1-2-13-7-9-14(10-8-13)16(23)11-22-12-21-19-18(20(22)24)15-5-3-4-6-17(15)25-19/h7-10,12H,2-6,11H2,1H3. The van der Waals surface area contributed by atoms with Crippen LogP contribution in [0.25, 0.3) is 10.2 Å². The molecule has 4 rings (SSSR count). The monoisotopic (exact) mass is 352 g/mol. The molecule has 0 saturated carbocycles. The number of carbonyl (C=O) groups excluding carboxylic acids is 1. The Morgan fingerprint density at radius 3 is 2.72 bits per heavy atom. The van der Waals surface area contributed by atoms with Crippen LogP contribution in [0.3, 0.4) is 0 Å². The smallest absolute Gasteiger partial charge is 0.262 e. The molecule has 1 aliphatic carbocycles. The number of Topliss-reactive ketones (excluding diaryl/α,β-unsaturated/α-hetero) is 1. The maximum atomic E-state index is 12.9. The van der Waals surface area contributed by atoms with Crippen LogP contribution in [0.5, 0.6) is 0 Å². The molecule has 2 aromatic heterocycles. The zero-order chi connectivity index (χ0) is 17.4. The van der Waals surface area contributed by atoms with Gasteiger partial charge in [0.15, 0.2) is 5.78 Å². The minimum atomic E-state index is -0.0806. The van der Waals surface area contributed by atoms with Gasteiger partial charge in [0.25, 0.3) is 5.56 Å². The lowest BCUT2D eigenvalue weighted by Gasteiger charge is -2.10. The lowest BCUT2D eigenvalue weighted by Crippen LogP contribution is -2.25. The fourth-order valence-corrected chi connectivity index (χ4v) is 4.69. The Labute approximate surface area is 150 Å². The van der Waals surface area contributed by atoms with Crippen molar-refractivity contribution < 1.29 is 4.79 Å². The summed E-state index contributed by atoms with van der Waals surface area (Å²) in [6, 6.07) is 7.61. The van der Waals surface area contributed by atoms with Crippen molar-refractivity contribution in [1.29, 1.82) is 0 Å². The van der Waals surface area contributed by atoms with E-state index in [9.17, 15) is 9.59 Å². The third kappa shape index (κ3) is 2.93. The predicted molar refractivity (Wildman–Crippen MR) is 101 cm³/mol. The van der Waals surface area contributed by atoms with Crippen molar-refractivity contribution in [2.45, 2.75) is 45.6 Å². The first-order valence-corrected chi connectivity index (χ1v) is 9.61. The van der Waals surface area contributed by atoms with E-state index in [0.717, 1.165) is 41.5 Å². The molecule has 0 radical (unpaired) electrons. The predicted octanol–water partition coefficient (Wildman–Crippen LogP) is 3.78. The minimum Gasteiger partial charge on any atom is -0.292 e. The molecule has 0 amide bonds. The zero-order valence-electron chi connectivity index (χ0n) is 14.2. The first-order chi connectivity index (χ1) is 12.2. The molecule has 0 unspecified atom stereocenters. The van der Waals surface area contributed by atoms with E-state index in [0.29, 0.717) is 5.56 Å². The van der Waals surface area contributed by atoms with Gasteiger partial charge in [0, 0.05) is 10.4 Å². The Bertz CT molecular complexity index is 999. The second-order valence-electron chi connectivity index (χ2n) is 6.54. The molecule has 5 heteroatoms. The summed E-state index contributed by atoms with van der Waals surface area (Å²) in [4.78, 5) is 32.0. The molecule has 1 aliphatic rings. The summed E-state index contributed by atoms with van der Waals surface area (Å²) >= 11 is 1.63. The second-order valence-corrected chi connectivity index (χ2v) is 7.63. The van der Waals surface area contributed by atoms with E-state index in [2.05, 4.69) is 11.9 Å². The van der Waals surface area contributed by atoms with Crippen molar-refractivity contribution in [3.8, 4) is 0 Å². The number of ketones is 1. The van der Waals surface area contributed by atoms with Gasteiger partial charge in [-0.1, -0.05) is 31.2 Å². The van der Waals surface area contributed by atoms with Gasteiger partial charge in [0.05, 0.1) is 18.3 Å². The molecule has 0 fully saturated rings. The summed E-state index contributed by atoms with van der Waals surface area (Å²) in [5, 5.41) is 0.733. The van der Waals surface area contributed by atoms with E-state index in [4.69, 9.17) is 0 Å². The number of carbonyl (C=O) groups is 1. The number of aromatic nitrogens is 2. The quantitative estimate of drug-likeness (QED) is 0.672. The lowest BCUT2D eigenvalue weighted by molar-refractivity contribution is 0.0970. The molecular weight excluding hydrogens is 332 g/mol. The third-order valence-corrected chi connectivity index (χ3v) is 6.14. The van der Waals surface area contributed by atoms with Gasteiger partial charge in [-0.05, 0) is 43.2 Å². The van der Waals surface area contributed by atoms with Gasteiger partial charge in [0.2, 0.25) is 0 Å². The van der Waals surface area contributed by atoms with Crippen molar-refractivity contribution in [2.24, 2.45) is 0 Å². The number of fused-ring (bicyclic) bond motifs is 3. The molecule has 3 aromatic rings. The average molecular weight is 352 g/mol. The number of hydrogen-bond donors (Lipinski definition) is 0. The topological polar surface area (TPSA) is 52.0 Å². The van der Waals surface area contributed by atoms with Crippen LogP contribution < -0.4 is 5.56 Å². The first-order valence-electron chi connectivity index (χ1n) is 8.79. The molecule has 0 spiro atoms. The number of thiophene rings is 1. The van der Waals surface area contributed by atoms with Crippen molar-refractivity contribution in [3.05, 3.63) is 62.5 Å². The third-order valence-electron chi connectivity index (χ3n) is 4.94. The normalized spacial score (nSPS) is 13.8. The van der Waals surface area contributed by atoms with Gasteiger partial charge < -0.3 is 0 Å². The minimum absolute atomic E-state index is 0.0395. The van der Waals surface area contributed by atoms with E-state index < -0.39 is 0 Å². The van der Waals surface area contributed by atoms with Gasteiger partial charge in [-0.2, -0.15) is 0 Å². The van der Waals surface area contributed by atoms with E-state index in [1.165, 1.54) is 27.8 Å². The summed E-state index contributed by atoms with van der Waals surface area (Å²) in [5.41, 5.74) is 2.92. The zero-order valence-corrected chi connectivity index (χ0v) is 15.1. The summed E-state index contributed by atoms with van der Waals surface area (Å²) < 4.78 is 1.46. The van der Waals surface area contributed by atoms with Crippen molar-refractivity contribution in [1.82, 2.24) is 9.55 Å². The van der Waals surface area contributed by atoms with E-state index in [1.54, 1.807) is 11.3 Å². The maximum Gasteiger partial charge on any atom is 0.262 e. The number of rotatable bonds is 4. The van der Waals surface area contributed by atoms with Gasteiger partial charge in [-0.15, -0.1) is 11.3 Å². The Kier molecular flexibility index (Phi) is 4.25. The Balaban J connectivity index is 1.68. The average Bonchev–Trinajstić information content (AvgIpc) is 3.03. The first kappa shape index (κ1) is 16.2. The molecule has 25 heavy (non-hydrogen) atoms. The van der Waals surface area contributed by atoms with Crippen molar-refractivity contribution >= 4 is 27.3 Å². The molecule has 128 valence electrons. The molecule has 0 atom stereocenters. The van der Waals surface area contributed by atoms with Crippen LogP contribution in [-0.2, 0) is 25.8 Å². The fourth-order valence-electron chi connectivity index (χ4n) is 3.47. The van der Waals surface area contributed by atoms with Gasteiger partial charge >= 0.3 is 0 Å². The summed E-state index contributed by atoms with van der Waals surface area (Å²) in [6.07, 6.45) is 6.75. The van der Waals surface area contributed by atoms with Crippen molar-refractivity contribution in [2.75, 3.05) is 0 Å². The van der Waals surface area contributed by atoms with Gasteiger partial charge in [-0.25, -0.2) is 4.98 Å². The number of hydrogen-bond acceptors (Lipinski definition) is 4. The van der Waals surface area contributed by atoms with Crippen LogP contribution >= 0.6 is 11.3 Å². The molecule has 0 saturated heterocycles. The molecule has 2 heterocycles. The SMILES string of the molecule is CCc1ccc(C(=O)Cn2cnc3sc4c(c3c2=O)CCCC4)cc1. The summed E-state index contributed by atoms with van der Waals surface area (Å²) in [5.74, 6) is -0.0602. The highest BCUT2D eigenvalue weighted by molar-refractivity contribution is 7.18. The Morgan fingerprint density at radius 1 is 1.20 bits per heavy atom. The highest BCUT2D eigenvalue weighted by Gasteiger charge is 2.20. The van der Waals surface area contributed by atoms with E-state index in [-0.39, 0.29) is 17.9 Å². The van der Waals surface area contributed by atoms with Gasteiger partial charge in [-0.3, -0.25) is 14.2 Å². The molecule has 4 nitrogen and oxygen atoms in total.